The van der Waals surface area contributed by atoms with E-state index in [0.29, 0.717) is 24.4 Å². The molecule has 0 unspecified atom stereocenters. The van der Waals surface area contributed by atoms with E-state index in [1.807, 2.05) is 0 Å². The van der Waals surface area contributed by atoms with Gasteiger partial charge in [-0.3, -0.25) is 0 Å². The Labute approximate surface area is 123 Å². The number of hydrogen-bond acceptors (Lipinski definition) is 4. The first kappa shape index (κ1) is 15.0. The summed E-state index contributed by atoms with van der Waals surface area (Å²) in [4.78, 5) is 0.288. The third kappa shape index (κ3) is 3.18. The molecule has 0 amide bonds. The average Bonchev–Trinajstić information content (AvgIpc) is 2.47. The van der Waals surface area contributed by atoms with Crippen molar-refractivity contribution in [3.05, 3.63) is 23.8 Å². The normalized spacial score (nSPS) is 17.4. The lowest BCUT2D eigenvalue weighted by atomic mass is 10.2. The molecule has 0 N–H and O–H groups in total. The fraction of sp³-hybridized carbons (Fsp3) is 0.500. The highest BCUT2D eigenvalue weighted by Gasteiger charge is 2.26. The van der Waals surface area contributed by atoms with Crippen LogP contribution < -0.4 is 4.74 Å². The Morgan fingerprint density at radius 3 is 2.63 bits per heavy atom. The van der Waals surface area contributed by atoms with Crippen molar-refractivity contribution in [2.45, 2.75) is 10.8 Å². The third-order valence-electron chi connectivity index (χ3n) is 3.00. The minimum atomic E-state index is -3.41. The number of halogens is 1. The Kier molecular flexibility index (Phi) is 5.00. The summed E-state index contributed by atoms with van der Waals surface area (Å²) in [6, 6.07) is 4.83. The van der Waals surface area contributed by atoms with Gasteiger partial charge in [-0.1, -0.05) is 0 Å². The molecule has 1 heterocycles. The molecule has 1 saturated heterocycles. The Balaban J connectivity index is 2.34. The Morgan fingerprint density at radius 2 is 2.05 bits per heavy atom. The van der Waals surface area contributed by atoms with Gasteiger partial charge in [0.05, 0.1) is 17.9 Å². The van der Waals surface area contributed by atoms with Crippen LogP contribution in [0.4, 0.5) is 0 Å². The highest BCUT2D eigenvalue weighted by molar-refractivity contribution is 7.99. The number of methoxy groups -OCH3 is 1. The van der Waals surface area contributed by atoms with Gasteiger partial charge in [0.25, 0.3) is 0 Å². The van der Waals surface area contributed by atoms with Crippen molar-refractivity contribution in [2.75, 3.05) is 31.7 Å². The van der Waals surface area contributed by atoms with Crippen LogP contribution in [0.15, 0.2) is 23.1 Å². The van der Waals surface area contributed by atoms with E-state index >= 15 is 0 Å². The van der Waals surface area contributed by atoms with E-state index < -0.39 is 10.0 Å². The molecule has 1 fully saturated rings. The van der Waals surface area contributed by atoms with Gasteiger partial charge < -0.3 is 4.74 Å². The van der Waals surface area contributed by atoms with Crippen LogP contribution >= 0.6 is 23.4 Å². The summed E-state index contributed by atoms with van der Waals surface area (Å²) in [6.07, 6.45) is 0. The molecule has 0 aliphatic carbocycles. The van der Waals surface area contributed by atoms with Gasteiger partial charge >= 0.3 is 0 Å². The van der Waals surface area contributed by atoms with E-state index in [-0.39, 0.29) is 10.8 Å². The lowest BCUT2D eigenvalue weighted by molar-refractivity contribution is 0.410. The molecule has 4 nitrogen and oxygen atoms in total. The minimum absolute atomic E-state index is 0.225. The van der Waals surface area contributed by atoms with E-state index in [9.17, 15) is 8.42 Å². The highest BCUT2D eigenvalue weighted by Crippen LogP contribution is 2.26. The molecule has 0 radical (unpaired) electrons. The second-order valence-corrected chi connectivity index (χ2v) is 7.55. The maximum Gasteiger partial charge on any atom is 0.243 e. The van der Waals surface area contributed by atoms with Crippen LogP contribution in [0.5, 0.6) is 5.75 Å². The summed E-state index contributed by atoms with van der Waals surface area (Å²) in [5, 5.41) is 0. The average molecular weight is 322 g/mol. The molecule has 0 bridgehead atoms. The first-order valence-corrected chi connectivity index (χ1v) is 9.03. The molecule has 7 heteroatoms. The largest absolute Gasteiger partial charge is 0.496 e. The Bertz CT molecular complexity index is 542. The smallest absolute Gasteiger partial charge is 0.243 e. The number of benzene rings is 1. The lowest BCUT2D eigenvalue weighted by Gasteiger charge is -2.25. The molecule has 2 rings (SSSR count). The van der Waals surface area contributed by atoms with Gasteiger partial charge in [-0.25, -0.2) is 8.42 Å². The summed E-state index contributed by atoms with van der Waals surface area (Å²) in [5.74, 6) is 2.53. The first-order chi connectivity index (χ1) is 9.09. The summed E-state index contributed by atoms with van der Waals surface area (Å²) in [6.45, 7) is 1.13. The number of rotatable bonds is 4. The standard InChI is InChI=1S/C12H16ClNO3S2/c1-17-12-3-2-11(8-10(12)9-13)19(15,16)14-4-6-18-7-5-14/h2-3,8H,4-7,9H2,1H3. The topological polar surface area (TPSA) is 46.6 Å². The monoisotopic (exact) mass is 321 g/mol. The van der Waals surface area contributed by atoms with Crippen LogP contribution in [0.2, 0.25) is 0 Å². The van der Waals surface area contributed by atoms with Crippen LogP contribution in [0.1, 0.15) is 5.56 Å². The fourth-order valence-corrected chi connectivity index (χ4v) is 4.79. The number of ether oxygens (including phenoxy) is 1. The number of nitrogens with zero attached hydrogens (tertiary/aromatic N) is 1. The van der Waals surface area contributed by atoms with Gasteiger partial charge in [-0.15, -0.1) is 11.6 Å². The zero-order valence-corrected chi connectivity index (χ0v) is 13.0. The molecule has 0 aromatic heterocycles. The van der Waals surface area contributed by atoms with Crippen molar-refractivity contribution in [2.24, 2.45) is 0 Å². The lowest BCUT2D eigenvalue weighted by Crippen LogP contribution is -2.37. The van der Waals surface area contributed by atoms with Crippen molar-refractivity contribution < 1.29 is 13.2 Å². The van der Waals surface area contributed by atoms with Crippen LogP contribution in [0.25, 0.3) is 0 Å². The molecule has 1 aliphatic rings. The Morgan fingerprint density at radius 1 is 1.37 bits per heavy atom. The minimum Gasteiger partial charge on any atom is -0.496 e. The zero-order valence-electron chi connectivity index (χ0n) is 10.6. The zero-order chi connectivity index (χ0) is 13.9. The summed E-state index contributed by atoms with van der Waals surface area (Å²) >= 11 is 7.60. The molecule has 0 spiro atoms. The molecular weight excluding hydrogens is 306 g/mol. The van der Waals surface area contributed by atoms with Crippen LogP contribution in [0.3, 0.4) is 0 Å². The van der Waals surface area contributed by atoms with Crippen molar-refractivity contribution in [1.29, 1.82) is 0 Å². The molecule has 0 saturated carbocycles. The quantitative estimate of drug-likeness (QED) is 0.797. The second-order valence-electron chi connectivity index (χ2n) is 4.12. The van der Waals surface area contributed by atoms with Gasteiger partial charge in [0.1, 0.15) is 5.75 Å². The maximum atomic E-state index is 12.5. The Hall–Kier alpha value is -0.430. The van der Waals surface area contributed by atoms with Crippen molar-refractivity contribution in [3.8, 4) is 5.75 Å². The van der Waals surface area contributed by atoms with Crippen molar-refractivity contribution in [3.63, 3.8) is 0 Å². The van der Waals surface area contributed by atoms with Crippen LogP contribution in [-0.2, 0) is 15.9 Å². The van der Waals surface area contributed by atoms with Crippen molar-refractivity contribution >= 4 is 33.4 Å². The van der Waals surface area contributed by atoms with E-state index in [2.05, 4.69) is 0 Å². The number of hydrogen-bond donors (Lipinski definition) is 0. The summed E-state index contributed by atoms with van der Waals surface area (Å²) < 4.78 is 31.7. The summed E-state index contributed by atoms with van der Waals surface area (Å²) in [7, 11) is -1.87. The van der Waals surface area contributed by atoms with Gasteiger partial charge in [-0.05, 0) is 18.2 Å². The third-order valence-corrected chi connectivity index (χ3v) is 6.13. The van der Waals surface area contributed by atoms with Gasteiger partial charge in [0, 0.05) is 30.2 Å². The SMILES string of the molecule is COc1ccc(S(=O)(=O)N2CCSCC2)cc1CCl. The number of alkyl halides is 1. The molecule has 1 aromatic rings. The number of thioether (sulfide) groups is 1. The van der Waals surface area contributed by atoms with Crippen molar-refractivity contribution in [1.82, 2.24) is 4.31 Å². The van der Waals surface area contributed by atoms with E-state index in [0.717, 1.165) is 11.5 Å². The molecule has 1 aliphatic heterocycles. The highest BCUT2D eigenvalue weighted by atomic mass is 35.5. The van der Waals surface area contributed by atoms with E-state index in [1.54, 1.807) is 37.1 Å². The predicted molar refractivity (Wildman–Crippen MR) is 78.6 cm³/mol. The molecular formula is C12H16ClNO3S2. The predicted octanol–water partition coefficient (Wildman–Crippen LogP) is 2.17. The number of sulfonamides is 1. The van der Waals surface area contributed by atoms with Gasteiger partial charge in [-0.2, -0.15) is 16.1 Å². The van der Waals surface area contributed by atoms with Gasteiger partial charge in [0.2, 0.25) is 10.0 Å². The van der Waals surface area contributed by atoms with Crippen LogP contribution in [-0.4, -0.2) is 44.4 Å². The van der Waals surface area contributed by atoms with Gasteiger partial charge in [0.15, 0.2) is 0 Å². The molecule has 106 valence electrons. The first-order valence-electron chi connectivity index (χ1n) is 5.90. The van der Waals surface area contributed by atoms with E-state index in [1.165, 1.54) is 4.31 Å². The molecule has 19 heavy (non-hydrogen) atoms. The fourth-order valence-electron chi connectivity index (χ4n) is 1.96. The molecule has 0 atom stereocenters. The second kappa shape index (κ2) is 6.35. The van der Waals surface area contributed by atoms with Crippen LogP contribution in [0, 0.1) is 0 Å². The maximum absolute atomic E-state index is 12.5. The summed E-state index contributed by atoms with van der Waals surface area (Å²) in [5.41, 5.74) is 0.691. The molecule has 1 aromatic carbocycles. The van der Waals surface area contributed by atoms with E-state index in [4.69, 9.17) is 16.3 Å².